The molecule has 30 heavy (non-hydrogen) atoms. The second-order valence-electron chi connectivity index (χ2n) is 7.21. The number of para-hydroxylation sites is 1. The molecule has 0 aliphatic carbocycles. The van der Waals surface area contributed by atoms with Gasteiger partial charge in [-0.3, -0.25) is 4.79 Å². The van der Waals surface area contributed by atoms with E-state index in [-0.39, 0.29) is 5.56 Å². The first kappa shape index (κ1) is 18.1. The lowest BCUT2D eigenvalue weighted by Gasteiger charge is -2.16. The van der Waals surface area contributed by atoms with Crippen LogP contribution >= 0.6 is 0 Å². The highest BCUT2D eigenvalue weighted by molar-refractivity contribution is 6.16. The van der Waals surface area contributed by atoms with Gasteiger partial charge >= 0.3 is 5.97 Å². The molecule has 0 unspecified atom stereocenters. The maximum Gasteiger partial charge on any atom is 0.340 e. The van der Waals surface area contributed by atoms with Crippen LogP contribution in [0.1, 0.15) is 29.2 Å². The molecule has 0 saturated heterocycles. The Morgan fingerprint density at radius 3 is 2.10 bits per heavy atom. The maximum absolute atomic E-state index is 13.3. The Morgan fingerprint density at radius 1 is 0.867 bits per heavy atom. The van der Waals surface area contributed by atoms with Crippen LogP contribution in [0.3, 0.4) is 0 Å². The van der Waals surface area contributed by atoms with E-state index >= 15 is 0 Å². The number of aromatic amines is 1. The maximum atomic E-state index is 13.3. The van der Waals surface area contributed by atoms with Crippen molar-refractivity contribution in [3.63, 3.8) is 0 Å². The van der Waals surface area contributed by atoms with Crippen molar-refractivity contribution in [1.29, 1.82) is 0 Å². The Balaban J connectivity index is 1.58. The van der Waals surface area contributed by atoms with E-state index in [4.69, 9.17) is 4.74 Å². The zero-order chi connectivity index (χ0) is 20.7. The van der Waals surface area contributed by atoms with Gasteiger partial charge in [-0.05, 0) is 46.7 Å². The minimum atomic E-state index is -0.715. The summed E-state index contributed by atoms with van der Waals surface area (Å²) < 4.78 is 5.77. The number of benzene rings is 4. The summed E-state index contributed by atoms with van der Waals surface area (Å²) >= 11 is 0. The molecule has 5 nitrogen and oxygen atoms in total. The second kappa shape index (κ2) is 7.12. The number of hydrogen-bond acceptors (Lipinski definition) is 4. The zero-order valence-corrected chi connectivity index (χ0v) is 16.3. The van der Waals surface area contributed by atoms with E-state index in [0.717, 1.165) is 21.5 Å². The summed E-state index contributed by atoms with van der Waals surface area (Å²) in [6, 6.07) is 24.6. The first-order valence-electron chi connectivity index (χ1n) is 9.72. The summed E-state index contributed by atoms with van der Waals surface area (Å²) in [5.41, 5.74) is 0.822. The van der Waals surface area contributed by atoms with E-state index in [1.807, 2.05) is 54.6 Å². The van der Waals surface area contributed by atoms with Crippen molar-refractivity contribution in [1.82, 2.24) is 9.97 Å². The smallest absolute Gasteiger partial charge is 0.340 e. The average Bonchev–Trinajstić information content (AvgIpc) is 2.77. The summed E-state index contributed by atoms with van der Waals surface area (Å²) in [6.07, 6.45) is -0.715. The Hall–Kier alpha value is -3.99. The molecule has 1 N–H and O–H groups in total. The predicted octanol–water partition coefficient (Wildman–Crippen LogP) is 5.15. The summed E-state index contributed by atoms with van der Waals surface area (Å²) in [6.45, 7) is 1.71. The van der Waals surface area contributed by atoms with Gasteiger partial charge in [-0.1, -0.05) is 60.7 Å². The molecule has 4 aromatic carbocycles. The van der Waals surface area contributed by atoms with Gasteiger partial charge in [0.1, 0.15) is 0 Å². The van der Waals surface area contributed by atoms with E-state index < -0.39 is 12.1 Å². The third kappa shape index (κ3) is 3.01. The molecule has 0 fully saturated rings. The lowest BCUT2D eigenvalue weighted by molar-refractivity contribution is 0.0324. The monoisotopic (exact) mass is 394 g/mol. The molecular weight excluding hydrogens is 376 g/mol. The number of rotatable bonds is 3. The van der Waals surface area contributed by atoms with Crippen LogP contribution < -0.4 is 5.56 Å². The van der Waals surface area contributed by atoms with Gasteiger partial charge < -0.3 is 9.72 Å². The average molecular weight is 394 g/mol. The zero-order valence-electron chi connectivity index (χ0n) is 16.3. The molecule has 1 heterocycles. The third-order valence-electron chi connectivity index (χ3n) is 5.28. The van der Waals surface area contributed by atoms with Gasteiger partial charge in [-0.2, -0.15) is 0 Å². The van der Waals surface area contributed by atoms with Gasteiger partial charge in [0, 0.05) is 0 Å². The van der Waals surface area contributed by atoms with Crippen molar-refractivity contribution in [3.8, 4) is 0 Å². The normalized spacial score (nSPS) is 12.3. The second-order valence-corrected chi connectivity index (χ2v) is 7.21. The minimum Gasteiger partial charge on any atom is -0.451 e. The van der Waals surface area contributed by atoms with Crippen molar-refractivity contribution < 1.29 is 9.53 Å². The van der Waals surface area contributed by atoms with Crippen molar-refractivity contribution in [2.45, 2.75) is 13.0 Å². The molecule has 0 aliphatic rings. The van der Waals surface area contributed by atoms with Gasteiger partial charge in [0.25, 0.3) is 5.56 Å². The van der Waals surface area contributed by atoms with Gasteiger partial charge in [-0.15, -0.1) is 0 Å². The Kier molecular flexibility index (Phi) is 4.29. The fourth-order valence-electron chi connectivity index (χ4n) is 3.81. The van der Waals surface area contributed by atoms with Gasteiger partial charge in [-0.25, -0.2) is 9.78 Å². The van der Waals surface area contributed by atoms with Crippen LogP contribution in [0.4, 0.5) is 0 Å². The fraction of sp³-hybridized carbons (Fsp3) is 0.0800. The Morgan fingerprint density at radius 2 is 1.43 bits per heavy atom. The Labute approximate surface area is 172 Å². The number of carbonyl (C=O) groups is 1. The van der Waals surface area contributed by atoms with E-state index in [1.165, 1.54) is 0 Å². The number of H-pyrrole nitrogens is 1. The molecule has 5 aromatic rings. The first-order chi connectivity index (χ1) is 14.6. The molecular formula is C25H18N2O3. The van der Waals surface area contributed by atoms with E-state index in [1.54, 1.807) is 25.1 Å². The van der Waals surface area contributed by atoms with Gasteiger partial charge in [0.15, 0.2) is 11.9 Å². The van der Waals surface area contributed by atoms with E-state index in [9.17, 15) is 9.59 Å². The molecule has 5 heteroatoms. The number of fused-ring (bicyclic) bond motifs is 3. The van der Waals surface area contributed by atoms with Crippen molar-refractivity contribution in [2.24, 2.45) is 0 Å². The molecule has 146 valence electrons. The van der Waals surface area contributed by atoms with E-state index in [0.29, 0.717) is 22.3 Å². The van der Waals surface area contributed by atoms with Crippen LogP contribution in [-0.2, 0) is 4.74 Å². The SMILES string of the molecule is C[C@@H](OC(=O)c1c2ccccc2cc2ccccc12)c1nc2ccccc2c(=O)[nH]1. The highest BCUT2D eigenvalue weighted by Crippen LogP contribution is 2.30. The summed E-state index contributed by atoms with van der Waals surface area (Å²) in [4.78, 5) is 32.8. The molecule has 1 atom stereocenters. The largest absolute Gasteiger partial charge is 0.451 e. The topological polar surface area (TPSA) is 72.0 Å². The molecule has 1 aromatic heterocycles. The van der Waals surface area contributed by atoms with Crippen molar-refractivity contribution >= 4 is 38.4 Å². The molecule has 0 bridgehead atoms. The predicted molar refractivity (Wildman–Crippen MR) is 118 cm³/mol. The quantitative estimate of drug-likeness (QED) is 0.339. The van der Waals surface area contributed by atoms with E-state index in [2.05, 4.69) is 16.0 Å². The minimum absolute atomic E-state index is 0.255. The fourth-order valence-corrected chi connectivity index (χ4v) is 3.81. The number of hydrogen-bond donors (Lipinski definition) is 1. The number of carbonyl (C=O) groups excluding carboxylic acids is 1. The molecule has 0 spiro atoms. The lowest BCUT2D eigenvalue weighted by atomic mass is 9.97. The number of nitrogens with one attached hydrogen (secondary N) is 1. The molecule has 0 aliphatic heterocycles. The number of ether oxygens (including phenoxy) is 1. The summed E-state index contributed by atoms with van der Waals surface area (Å²) in [5, 5.41) is 4.09. The van der Waals surface area contributed by atoms with Crippen LogP contribution in [0.2, 0.25) is 0 Å². The van der Waals surface area contributed by atoms with Gasteiger partial charge in [0.2, 0.25) is 0 Å². The Bertz CT molecular complexity index is 1430. The summed E-state index contributed by atoms with van der Waals surface area (Å²) in [7, 11) is 0. The van der Waals surface area contributed by atoms with Gasteiger partial charge in [0.05, 0.1) is 16.5 Å². The first-order valence-corrected chi connectivity index (χ1v) is 9.72. The number of nitrogens with zero attached hydrogens (tertiary/aromatic N) is 1. The van der Waals surface area contributed by atoms with Crippen LogP contribution in [0.15, 0.2) is 83.7 Å². The number of esters is 1. The lowest BCUT2D eigenvalue weighted by Crippen LogP contribution is -2.17. The van der Waals surface area contributed by atoms with Crippen LogP contribution in [0.25, 0.3) is 32.4 Å². The highest BCUT2D eigenvalue weighted by atomic mass is 16.5. The standard InChI is InChI=1S/C25H18N2O3/c1-15(23-26-21-13-7-6-12-20(21)24(28)27-23)30-25(29)22-18-10-4-2-8-16(18)14-17-9-3-5-11-19(17)22/h2-15H,1H3,(H,26,27,28)/t15-/m1/s1. The van der Waals surface area contributed by atoms with Crippen LogP contribution in [0.5, 0.6) is 0 Å². The highest BCUT2D eigenvalue weighted by Gasteiger charge is 2.21. The van der Waals surface area contributed by atoms with Crippen LogP contribution in [-0.4, -0.2) is 15.9 Å². The molecule has 5 rings (SSSR count). The molecule has 0 amide bonds. The molecule has 0 radical (unpaired) electrons. The summed E-state index contributed by atoms with van der Waals surface area (Å²) in [5.74, 6) is -0.136. The molecule has 0 saturated carbocycles. The third-order valence-corrected chi connectivity index (χ3v) is 5.28. The number of aromatic nitrogens is 2. The van der Waals surface area contributed by atoms with Crippen LogP contribution in [0, 0.1) is 0 Å². The van der Waals surface area contributed by atoms with Crippen molar-refractivity contribution in [2.75, 3.05) is 0 Å². The van der Waals surface area contributed by atoms with Crippen molar-refractivity contribution in [3.05, 3.63) is 101 Å².